The van der Waals surface area contributed by atoms with E-state index >= 15 is 0 Å². The minimum atomic E-state index is -0.406. The molecule has 2 aromatic heterocycles. The van der Waals surface area contributed by atoms with E-state index in [-0.39, 0.29) is 12.5 Å². The number of nitrogens with zero attached hydrogens (tertiary/aromatic N) is 1. The number of aryl methyl sites for hydroxylation is 1. The Morgan fingerprint density at radius 2 is 2.00 bits per heavy atom. The van der Waals surface area contributed by atoms with E-state index in [1.54, 1.807) is 24.1 Å². The summed E-state index contributed by atoms with van der Waals surface area (Å²) < 4.78 is 16.7. The van der Waals surface area contributed by atoms with E-state index in [1.165, 1.54) is 12.5 Å². The van der Waals surface area contributed by atoms with Crippen LogP contribution in [0.4, 0.5) is 0 Å². The van der Waals surface area contributed by atoms with Gasteiger partial charge in [0.05, 0.1) is 6.54 Å². The summed E-state index contributed by atoms with van der Waals surface area (Å²) in [6.45, 7) is 4.35. The molecule has 6 nitrogen and oxygen atoms in total. The van der Waals surface area contributed by atoms with Crippen molar-refractivity contribution in [2.24, 2.45) is 5.92 Å². The van der Waals surface area contributed by atoms with Gasteiger partial charge in [0, 0.05) is 30.5 Å². The molecule has 28 heavy (non-hydrogen) atoms. The van der Waals surface area contributed by atoms with Crippen LogP contribution in [0.1, 0.15) is 36.3 Å². The van der Waals surface area contributed by atoms with E-state index in [0.717, 1.165) is 22.5 Å². The molecule has 1 fully saturated rings. The predicted molar refractivity (Wildman–Crippen MR) is 104 cm³/mol. The average molecular weight is 381 g/mol. The Bertz CT molecular complexity index is 1080. The van der Waals surface area contributed by atoms with Crippen LogP contribution in [0.15, 0.2) is 50.0 Å². The van der Waals surface area contributed by atoms with Crippen molar-refractivity contribution in [3.05, 3.63) is 63.9 Å². The molecule has 1 aliphatic carbocycles. The van der Waals surface area contributed by atoms with Crippen molar-refractivity contribution in [2.75, 3.05) is 13.7 Å². The zero-order valence-corrected chi connectivity index (χ0v) is 16.2. The van der Waals surface area contributed by atoms with E-state index < -0.39 is 5.63 Å². The Morgan fingerprint density at radius 3 is 2.75 bits per heavy atom. The molecule has 2 atom stereocenters. The third kappa shape index (κ3) is 3.81. The van der Waals surface area contributed by atoms with Gasteiger partial charge in [-0.25, -0.2) is 4.79 Å². The molecular formula is C22H23NO5. The molecule has 0 saturated heterocycles. The highest BCUT2D eigenvalue weighted by Crippen LogP contribution is 2.47. The van der Waals surface area contributed by atoms with Gasteiger partial charge in [0.2, 0.25) is 0 Å². The summed E-state index contributed by atoms with van der Waals surface area (Å²) in [5.74, 6) is 3.30. The topological polar surface area (TPSA) is 72.9 Å². The second kappa shape index (κ2) is 7.19. The Balaban J connectivity index is 1.36. The van der Waals surface area contributed by atoms with Gasteiger partial charge in [-0.2, -0.15) is 0 Å². The summed E-state index contributed by atoms with van der Waals surface area (Å²) >= 11 is 0. The standard InChI is InChI=1S/C22H23NO5/c1-13-8-18(13)19-7-5-16(27-19)11-23(3)21(24)12-26-15-4-6-17-14(2)9-22(25)28-20(17)10-15/h4-7,9-10,13,18H,8,11-12H2,1-3H3/t13-,18-/m0/s1. The summed E-state index contributed by atoms with van der Waals surface area (Å²) in [6.07, 6.45) is 1.17. The number of hydrogen-bond acceptors (Lipinski definition) is 5. The van der Waals surface area contributed by atoms with Crippen LogP contribution in [0, 0.1) is 12.8 Å². The number of ether oxygens (including phenoxy) is 1. The van der Waals surface area contributed by atoms with Crippen molar-refractivity contribution >= 4 is 16.9 Å². The average Bonchev–Trinajstić information content (AvgIpc) is 3.20. The van der Waals surface area contributed by atoms with Gasteiger partial charge in [-0.05, 0) is 49.1 Å². The lowest BCUT2D eigenvalue weighted by molar-refractivity contribution is -0.132. The van der Waals surface area contributed by atoms with Gasteiger partial charge >= 0.3 is 5.63 Å². The van der Waals surface area contributed by atoms with E-state index in [1.807, 2.05) is 25.1 Å². The normalized spacial score (nSPS) is 18.2. The molecule has 0 radical (unpaired) electrons. The van der Waals surface area contributed by atoms with Crippen molar-refractivity contribution in [3.8, 4) is 5.75 Å². The minimum absolute atomic E-state index is 0.106. The second-order valence-corrected chi connectivity index (χ2v) is 7.57. The van der Waals surface area contributed by atoms with Crippen LogP contribution in [-0.2, 0) is 11.3 Å². The van der Waals surface area contributed by atoms with Gasteiger partial charge in [0.15, 0.2) is 6.61 Å². The number of carbonyl (C=O) groups excluding carboxylic acids is 1. The van der Waals surface area contributed by atoms with Gasteiger partial charge in [-0.15, -0.1) is 0 Å². The maximum Gasteiger partial charge on any atom is 0.336 e. The lowest BCUT2D eigenvalue weighted by Gasteiger charge is -2.16. The van der Waals surface area contributed by atoms with E-state index in [9.17, 15) is 9.59 Å². The fraction of sp³-hybridized carbons (Fsp3) is 0.364. The third-order valence-electron chi connectivity index (χ3n) is 5.26. The molecule has 1 saturated carbocycles. The number of fused-ring (bicyclic) bond motifs is 1. The van der Waals surface area contributed by atoms with Crippen LogP contribution in [0.3, 0.4) is 0 Å². The van der Waals surface area contributed by atoms with Crippen molar-refractivity contribution in [1.82, 2.24) is 4.90 Å². The smallest absolute Gasteiger partial charge is 0.336 e. The first-order chi connectivity index (χ1) is 13.4. The number of carbonyl (C=O) groups is 1. The van der Waals surface area contributed by atoms with Crippen molar-refractivity contribution in [2.45, 2.75) is 32.7 Å². The molecule has 3 aromatic rings. The molecule has 0 aliphatic heterocycles. The molecule has 0 unspecified atom stereocenters. The fourth-order valence-electron chi connectivity index (χ4n) is 3.37. The molecule has 2 heterocycles. The zero-order valence-electron chi connectivity index (χ0n) is 16.2. The van der Waals surface area contributed by atoms with Gasteiger partial charge in [-0.1, -0.05) is 6.92 Å². The molecule has 1 aliphatic rings. The van der Waals surface area contributed by atoms with Crippen LogP contribution >= 0.6 is 0 Å². The molecule has 1 aromatic carbocycles. The Labute approximate surface area is 162 Å². The molecule has 0 bridgehead atoms. The van der Waals surface area contributed by atoms with Crippen LogP contribution in [0.2, 0.25) is 0 Å². The third-order valence-corrected chi connectivity index (χ3v) is 5.26. The van der Waals surface area contributed by atoms with Crippen LogP contribution in [0.25, 0.3) is 11.0 Å². The molecule has 1 amide bonds. The van der Waals surface area contributed by atoms with E-state index in [0.29, 0.717) is 29.7 Å². The summed E-state index contributed by atoms with van der Waals surface area (Å²) in [4.78, 5) is 25.5. The van der Waals surface area contributed by atoms with Crippen LogP contribution < -0.4 is 10.4 Å². The van der Waals surface area contributed by atoms with E-state index in [4.69, 9.17) is 13.6 Å². The summed E-state index contributed by atoms with van der Waals surface area (Å²) in [5.41, 5.74) is 0.879. The summed E-state index contributed by atoms with van der Waals surface area (Å²) in [5, 5.41) is 0.842. The molecule has 0 N–H and O–H groups in total. The van der Waals surface area contributed by atoms with Crippen LogP contribution in [0.5, 0.6) is 5.75 Å². The number of rotatable bonds is 6. The molecule has 0 spiro atoms. The van der Waals surface area contributed by atoms with Crippen LogP contribution in [-0.4, -0.2) is 24.5 Å². The highest BCUT2D eigenvalue weighted by molar-refractivity contribution is 5.81. The Hall–Kier alpha value is -3.02. The maximum absolute atomic E-state index is 12.4. The monoisotopic (exact) mass is 381 g/mol. The largest absolute Gasteiger partial charge is 0.484 e. The fourth-order valence-corrected chi connectivity index (χ4v) is 3.37. The molecule has 146 valence electrons. The van der Waals surface area contributed by atoms with Gasteiger partial charge in [0.1, 0.15) is 22.9 Å². The molecule has 4 rings (SSSR count). The van der Waals surface area contributed by atoms with E-state index in [2.05, 4.69) is 6.92 Å². The first-order valence-electron chi connectivity index (χ1n) is 9.40. The Kier molecular flexibility index (Phi) is 4.71. The first-order valence-corrected chi connectivity index (χ1v) is 9.40. The highest BCUT2D eigenvalue weighted by atomic mass is 16.5. The summed E-state index contributed by atoms with van der Waals surface area (Å²) in [6, 6.07) is 10.6. The van der Waals surface area contributed by atoms with Gasteiger partial charge < -0.3 is 18.5 Å². The lowest BCUT2D eigenvalue weighted by atomic mass is 10.1. The molecule has 6 heteroatoms. The quantitative estimate of drug-likeness (QED) is 0.606. The van der Waals surface area contributed by atoms with Crippen molar-refractivity contribution in [3.63, 3.8) is 0 Å². The van der Waals surface area contributed by atoms with Crippen molar-refractivity contribution in [1.29, 1.82) is 0 Å². The number of hydrogen-bond donors (Lipinski definition) is 0. The zero-order chi connectivity index (χ0) is 19.8. The first kappa shape index (κ1) is 18.3. The highest BCUT2D eigenvalue weighted by Gasteiger charge is 2.36. The second-order valence-electron chi connectivity index (χ2n) is 7.57. The van der Waals surface area contributed by atoms with Gasteiger partial charge in [0.25, 0.3) is 5.91 Å². The Morgan fingerprint density at radius 1 is 1.21 bits per heavy atom. The SMILES string of the molecule is Cc1cc(=O)oc2cc(OCC(=O)N(C)Cc3ccc([C@H]4C[C@@H]4C)o3)ccc12. The number of furan rings is 1. The number of benzene rings is 1. The number of likely N-dealkylation sites (N-methyl/N-ethyl adjacent to an activating group) is 1. The van der Waals surface area contributed by atoms with Crippen molar-refractivity contribution < 1.29 is 18.4 Å². The summed E-state index contributed by atoms with van der Waals surface area (Å²) in [7, 11) is 1.72. The van der Waals surface area contributed by atoms with Gasteiger partial charge in [-0.3, -0.25) is 4.79 Å². The lowest BCUT2D eigenvalue weighted by Crippen LogP contribution is -2.30. The maximum atomic E-state index is 12.4. The minimum Gasteiger partial charge on any atom is -0.484 e. The predicted octanol–water partition coefficient (Wildman–Crippen LogP) is 3.86. The molecular weight excluding hydrogens is 358 g/mol. The number of amides is 1.